The van der Waals surface area contributed by atoms with Crippen molar-refractivity contribution in [1.29, 1.82) is 0 Å². The van der Waals surface area contributed by atoms with Gasteiger partial charge in [-0.2, -0.15) is 0 Å². The molecule has 0 aromatic carbocycles. The van der Waals surface area contributed by atoms with E-state index in [1.165, 1.54) is 6.20 Å². The number of carbonyl (C=O) groups excluding carboxylic acids is 1. The number of hydrogen-bond donors (Lipinski definition) is 1. The van der Waals surface area contributed by atoms with Crippen molar-refractivity contribution in [3.63, 3.8) is 0 Å². The molecule has 2 aromatic heterocycles. The topological polar surface area (TPSA) is 59.2 Å². The molecule has 2 heterocycles. The average Bonchev–Trinajstić information content (AvgIpc) is 2.84. The first kappa shape index (κ1) is 12.9. The quantitative estimate of drug-likeness (QED) is 0.880. The first-order valence-corrected chi connectivity index (χ1v) is 6.52. The fourth-order valence-corrected chi connectivity index (χ4v) is 2.47. The Balaban J connectivity index is 2.17. The number of rotatable bonds is 3. The Morgan fingerprint density at radius 1 is 1.61 bits per heavy atom. The van der Waals surface area contributed by atoms with E-state index in [9.17, 15) is 4.79 Å². The van der Waals surface area contributed by atoms with Crippen LogP contribution in [0.1, 0.15) is 15.2 Å². The van der Waals surface area contributed by atoms with E-state index in [2.05, 4.69) is 4.98 Å². The van der Waals surface area contributed by atoms with Crippen LogP contribution in [0.2, 0.25) is 5.15 Å². The van der Waals surface area contributed by atoms with Gasteiger partial charge < -0.3 is 10.6 Å². The predicted molar refractivity (Wildman–Crippen MR) is 73.8 cm³/mol. The van der Waals surface area contributed by atoms with Gasteiger partial charge in [0, 0.05) is 11.9 Å². The maximum atomic E-state index is 12.2. The average molecular weight is 282 g/mol. The van der Waals surface area contributed by atoms with Crippen molar-refractivity contribution in [3.05, 3.63) is 45.4 Å². The molecule has 0 aliphatic carbocycles. The van der Waals surface area contributed by atoms with Crippen LogP contribution in [-0.4, -0.2) is 22.8 Å². The third kappa shape index (κ3) is 2.80. The van der Waals surface area contributed by atoms with Gasteiger partial charge in [0.05, 0.1) is 24.0 Å². The summed E-state index contributed by atoms with van der Waals surface area (Å²) in [5, 5.41) is 2.15. The van der Waals surface area contributed by atoms with Crippen molar-refractivity contribution < 1.29 is 4.79 Å². The van der Waals surface area contributed by atoms with Crippen LogP contribution in [0, 0.1) is 0 Å². The number of halogens is 1. The van der Waals surface area contributed by atoms with Crippen molar-refractivity contribution >= 4 is 34.5 Å². The van der Waals surface area contributed by atoms with Crippen molar-refractivity contribution in [2.75, 3.05) is 12.8 Å². The number of carbonyl (C=O) groups is 1. The second kappa shape index (κ2) is 5.37. The molecular weight excluding hydrogens is 270 g/mol. The lowest BCUT2D eigenvalue weighted by Crippen LogP contribution is -2.26. The summed E-state index contributed by atoms with van der Waals surface area (Å²) in [5.74, 6) is -0.187. The molecule has 0 aliphatic heterocycles. The van der Waals surface area contributed by atoms with Crippen molar-refractivity contribution in [2.45, 2.75) is 6.54 Å². The summed E-state index contributed by atoms with van der Waals surface area (Å²) in [5.41, 5.74) is 6.36. The highest BCUT2D eigenvalue weighted by Crippen LogP contribution is 2.19. The smallest absolute Gasteiger partial charge is 0.257 e. The molecule has 0 atom stereocenters. The zero-order valence-corrected chi connectivity index (χ0v) is 11.3. The normalized spacial score (nSPS) is 10.3. The molecule has 0 unspecified atom stereocenters. The maximum Gasteiger partial charge on any atom is 0.257 e. The van der Waals surface area contributed by atoms with Gasteiger partial charge >= 0.3 is 0 Å². The fraction of sp³-hybridized carbons (Fsp3) is 0.167. The highest BCUT2D eigenvalue weighted by Gasteiger charge is 2.16. The monoisotopic (exact) mass is 281 g/mol. The van der Waals surface area contributed by atoms with E-state index in [1.807, 2.05) is 17.5 Å². The van der Waals surface area contributed by atoms with E-state index in [1.54, 1.807) is 29.4 Å². The Labute approximate surface area is 114 Å². The van der Waals surface area contributed by atoms with Crippen molar-refractivity contribution in [3.8, 4) is 0 Å². The molecule has 0 saturated heterocycles. The lowest BCUT2D eigenvalue weighted by molar-refractivity contribution is 0.0786. The highest BCUT2D eigenvalue weighted by atomic mass is 35.5. The molecule has 0 bridgehead atoms. The molecule has 2 rings (SSSR count). The van der Waals surface area contributed by atoms with Gasteiger partial charge in [0.2, 0.25) is 0 Å². The zero-order chi connectivity index (χ0) is 13.1. The number of anilines is 1. The van der Waals surface area contributed by atoms with Gasteiger partial charge in [0.15, 0.2) is 0 Å². The van der Waals surface area contributed by atoms with Crippen LogP contribution in [0.15, 0.2) is 29.8 Å². The molecule has 2 N–H and O–H groups in total. The van der Waals surface area contributed by atoms with Crippen molar-refractivity contribution in [1.82, 2.24) is 9.88 Å². The maximum absolute atomic E-state index is 12.2. The van der Waals surface area contributed by atoms with Gasteiger partial charge in [-0.1, -0.05) is 17.7 Å². The van der Waals surface area contributed by atoms with E-state index in [0.717, 1.165) is 4.88 Å². The van der Waals surface area contributed by atoms with Crippen LogP contribution in [0.25, 0.3) is 0 Å². The first-order chi connectivity index (χ1) is 8.58. The number of nitrogens with two attached hydrogens (primary N) is 1. The van der Waals surface area contributed by atoms with Gasteiger partial charge in [0.25, 0.3) is 5.91 Å². The summed E-state index contributed by atoms with van der Waals surface area (Å²) in [6, 6.07) is 5.48. The van der Waals surface area contributed by atoms with E-state index < -0.39 is 0 Å². The third-order valence-corrected chi connectivity index (χ3v) is 3.57. The van der Waals surface area contributed by atoms with Crippen LogP contribution in [0.3, 0.4) is 0 Å². The molecule has 94 valence electrons. The second-order valence-electron chi connectivity index (χ2n) is 3.85. The molecule has 0 radical (unpaired) electrons. The number of amides is 1. The number of pyridine rings is 1. The minimum Gasteiger partial charge on any atom is -0.397 e. The number of hydrogen-bond acceptors (Lipinski definition) is 4. The molecular formula is C12H12ClN3OS. The van der Waals surface area contributed by atoms with E-state index in [4.69, 9.17) is 17.3 Å². The lowest BCUT2D eigenvalue weighted by Gasteiger charge is -2.16. The van der Waals surface area contributed by atoms with E-state index in [-0.39, 0.29) is 11.1 Å². The minimum absolute atomic E-state index is 0.173. The fourth-order valence-electron chi connectivity index (χ4n) is 1.53. The van der Waals surface area contributed by atoms with Gasteiger partial charge in [0.1, 0.15) is 5.15 Å². The standard InChI is InChI=1S/C12H12ClN3OS/c1-16(7-9-3-2-4-18-9)12(17)10-5-8(14)6-15-11(10)13/h2-6H,7,14H2,1H3. The van der Waals surface area contributed by atoms with Crippen LogP contribution >= 0.6 is 22.9 Å². The van der Waals surface area contributed by atoms with Crippen LogP contribution in [-0.2, 0) is 6.54 Å². The summed E-state index contributed by atoms with van der Waals surface area (Å²) < 4.78 is 0. The molecule has 0 saturated carbocycles. The van der Waals surface area contributed by atoms with Crippen LogP contribution in [0.5, 0.6) is 0 Å². The van der Waals surface area contributed by atoms with Crippen molar-refractivity contribution in [2.24, 2.45) is 0 Å². The Hall–Kier alpha value is -1.59. The summed E-state index contributed by atoms with van der Waals surface area (Å²) in [4.78, 5) is 18.8. The van der Waals surface area contributed by atoms with Gasteiger partial charge in [-0.25, -0.2) is 4.98 Å². The summed E-state index contributed by atoms with van der Waals surface area (Å²) in [7, 11) is 1.72. The van der Waals surface area contributed by atoms with Crippen LogP contribution < -0.4 is 5.73 Å². The summed E-state index contributed by atoms with van der Waals surface area (Å²) in [6.45, 7) is 0.543. The minimum atomic E-state index is -0.187. The van der Waals surface area contributed by atoms with Gasteiger partial charge in [-0.15, -0.1) is 11.3 Å². The Morgan fingerprint density at radius 2 is 2.39 bits per heavy atom. The zero-order valence-electron chi connectivity index (χ0n) is 9.76. The lowest BCUT2D eigenvalue weighted by atomic mass is 10.2. The highest BCUT2D eigenvalue weighted by molar-refractivity contribution is 7.09. The molecule has 18 heavy (non-hydrogen) atoms. The van der Waals surface area contributed by atoms with Crippen LogP contribution in [0.4, 0.5) is 5.69 Å². The molecule has 6 heteroatoms. The first-order valence-electron chi connectivity index (χ1n) is 5.27. The van der Waals surface area contributed by atoms with E-state index in [0.29, 0.717) is 17.8 Å². The number of aromatic nitrogens is 1. The van der Waals surface area contributed by atoms with E-state index >= 15 is 0 Å². The van der Waals surface area contributed by atoms with Gasteiger partial charge in [-0.05, 0) is 17.5 Å². The Bertz CT molecular complexity index is 556. The number of nitrogens with zero attached hydrogens (tertiary/aromatic N) is 2. The molecule has 1 amide bonds. The molecule has 0 spiro atoms. The number of nitrogen functional groups attached to an aromatic ring is 1. The molecule has 2 aromatic rings. The summed E-state index contributed by atoms with van der Waals surface area (Å²) in [6.07, 6.45) is 1.43. The molecule has 4 nitrogen and oxygen atoms in total. The molecule has 0 aliphatic rings. The Morgan fingerprint density at radius 3 is 3.06 bits per heavy atom. The third-order valence-electron chi connectivity index (χ3n) is 2.41. The molecule has 0 fully saturated rings. The second-order valence-corrected chi connectivity index (χ2v) is 5.24. The largest absolute Gasteiger partial charge is 0.397 e. The Kier molecular flexibility index (Phi) is 3.84. The van der Waals surface area contributed by atoms with Gasteiger partial charge in [-0.3, -0.25) is 4.79 Å². The predicted octanol–water partition coefficient (Wildman–Crippen LogP) is 2.65. The SMILES string of the molecule is CN(Cc1cccs1)C(=O)c1cc(N)cnc1Cl. The summed E-state index contributed by atoms with van der Waals surface area (Å²) >= 11 is 7.51. The number of thiophene rings is 1.